The highest BCUT2D eigenvalue weighted by Crippen LogP contribution is 2.27. The van der Waals surface area contributed by atoms with Gasteiger partial charge in [0.2, 0.25) is 0 Å². The van der Waals surface area contributed by atoms with Gasteiger partial charge in [-0.15, -0.1) is 0 Å². The van der Waals surface area contributed by atoms with E-state index in [1.165, 1.54) is 12.3 Å². The summed E-state index contributed by atoms with van der Waals surface area (Å²) in [5.74, 6) is 0.00864. The summed E-state index contributed by atoms with van der Waals surface area (Å²) in [6.07, 6.45) is 2.78. The van der Waals surface area contributed by atoms with Crippen LogP contribution in [0.2, 0.25) is 0 Å². The minimum atomic E-state index is -0.642. The number of amides is 1. The van der Waals surface area contributed by atoms with Crippen LogP contribution in [-0.2, 0) is 0 Å². The summed E-state index contributed by atoms with van der Waals surface area (Å²) in [5.41, 5.74) is 11.0. The number of hydrogen-bond acceptors (Lipinski definition) is 5. The lowest BCUT2D eigenvalue weighted by molar-refractivity contribution is 0.0350. The highest BCUT2D eigenvalue weighted by atomic mass is 16.3. The molecule has 1 aromatic heterocycles. The molecule has 0 aliphatic carbocycles. The van der Waals surface area contributed by atoms with Crippen molar-refractivity contribution >= 4 is 17.4 Å². The van der Waals surface area contributed by atoms with Gasteiger partial charge in [-0.3, -0.25) is 4.79 Å². The zero-order valence-corrected chi connectivity index (χ0v) is 10.4. The topological polar surface area (TPSA) is 105 Å². The molecule has 1 aliphatic rings. The van der Waals surface area contributed by atoms with Crippen LogP contribution >= 0.6 is 0 Å². The highest BCUT2D eigenvalue weighted by molar-refractivity contribution is 5.98. The summed E-state index contributed by atoms with van der Waals surface area (Å²) in [7, 11) is 0. The SMILES string of the molecule is CC1(O)CCN(c2ncc(N)cc2C(N)=O)CC1. The van der Waals surface area contributed by atoms with Crippen molar-refractivity contribution in [2.24, 2.45) is 5.73 Å². The van der Waals surface area contributed by atoms with Gasteiger partial charge in [0.05, 0.1) is 23.0 Å². The molecule has 0 unspecified atom stereocenters. The van der Waals surface area contributed by atoms with E-state index in [1.54, 1.807) is 0 Å². The Morgan fingerprint density at radius 1 is 1.50 bits per heavy atom. The first-order chi connectivity index (χ1) is 8.39. The van der Waals surface area contributed by atoms with Crippen LogP contribution in [-0.4, -0.2) is 34.7 Å². The Morgan fingerprint density at radius 3 is 2.67 bits per heavy atom. The molecule has 6 heteroatoms. The molecule has 0 atom stereocenters. The predicted molar refractivity (Wildman–Crippen MR) is 69.2 cm³/mol. The number of pyridine rings is 1. The second kappa shape index (κ2) is 4.45. The number of hydrogen-bond donors (Lipinski definition) is 3. The number of carbonyl (C=O) groups is 1. The normalized spacial score (nSPS) is 18.7. The molecular formula is C12H18N4O2. The van der Waals surface area contributed by atoms with Gasteiger partial charge in [-0.1, -0.05) is 0 Å². The average molecular weight is 250 g/mol. The van der Waals surface area contributed by atoms with Crippen molar-refractivity contribution < 1.29 is 9.90 Å². The smallest absolute Gasteiger partial charge is 0.252 e. The third-order valence-electron chi connectivity index (χ3n) is 3.29. The second-order valence-electron chi connectivity index (χ2n) is 4.99. The molecule has 1 aliphatic heterocycles. The Morgan fingerprint density at radius 2 is 2.11 bits per heavy atom. The quantitative estimate of drug-likeness (QED) is 0.691. The van der Waals surface area contributed by atoms with E-state index in [0.717, 1.165) is 0 Å². The summed E-state index contributed by atoms with van der Waals surface area (Å²) >= 11 is 0. The van der Waals surface area contributed by atoms with Crippen LogP contribution in [0.3, 0.4) is 0 Å². The lowest BCUT2D eigenvalue weighted by atomic mass is 9.93. The van der Waals surface area contributed by atoms with E-state index in [9.17, 15) is 9.90 Å². The number of rotatable bonds is 2. The van der Waals surface area contributed by atoms with Gasteiger partial charge in [-0.05, 0) is 25.8 Å². The molecule has 5 N–H and O–H groups in total. The van der Waals surface area contributed by atoms with Crippen LogP contribution in [0.5, 0.6) is 0 Å². The lowest BCUT2D eigenvalue weighted by Gasteiger charge is -2.36. The minimum absolute atomic E-state index is 0.330. The fourth-order valence-electron chi connectivity index (χ4n) is 2.11. The van der Waals surface area contributed by atoms with E-state index in [-0.39, 0.29) is 0 Å². The standard InChI is InChI=1S/C12H18N4O2/c1-12(18)2-4-16(5-3-12)11-9(10(14)17)6-8(13)7-15-11/h6-7,18H,2-5,13H2,1H3,(H2,14,17). The van der Waals surface area contributed by atoms with E-state index < -0.39 is 11.5 Å². The summed E-state index contributed by atoms with van der Waals surface area (Å²) in [6.45, 7) is 3.10. The van der Waals surface area contributed by atoms with Crippen molar-refractivity contribution in [3.63, 3.8) is 0 Å². The molecular weight excluding hydrogens is 232 g/mol. The number of primary amides is 1. The van der Waals surface area contributed by atoms with Gasteiger partial charge in [0.25, 0.3) is 5.91 Å². The molecule has 18 heavy (non-hydrogen) atoms. The number of carbonyl (C=O) groups excluding carboxylic acids is 1. The first-order valence-corrected chi connectivity index (χ1v) is 5.92. The monoisotopic (exact) mass is 250 g/mol. The minimum Gasteiger partial charge on any atom is -0.397 e. The second-order valence-corrected chi connectivity index (χ2v) is 4.99. The maximum atomic E-state index is 11.4. The summed E-state index contributed by atoms with van der Waals surface area (Å²) in [4.78, 5) is 17.5. The molecule has 1 fully saturated rings. The molecule has 6 nitrogen and oxygen atoms in total. The molecule has 1 aromatic rings. The Kier molecular flexibility index (Phi) is 3.13. The van der Waals surface area contributed by atoms with E-state index >= 15 is 0 Å². The number of piperidine rings is 1. The number of anilines is 2. The van der Waals surface area contributed by atoms with Crippen LogP contribution in [0.15, 0.2) is 12.3 Å². The molecule has 0 spiro atoms. The number of aromatic nitrogens is 1. The fraction of sp³-hybridized carbons (Fsp3) is 0.500. The Balaban J connectivity index is 2.26. The zero-order valence-electron chi connectivity index (χ0n) is 10.4. The Labute approximate surface area is 106 Å². The van der Waals surface area contributed by atoms with Gasteiger partial charge in [0.15, 0.2) is 0 Å². The van der Waals surface area contributed by atoms with Crippen LogP contribution in [0.25, 0.3) is 0 Å². The van der Waals surface area contributed by atoms with Crippen molar-refractivity contribution in [2.45, 2.75) is 25.4 Å². The van der Waals surface area contributed by atoms with Crippen LogP contribution < -0.4 is 16.4 Å². The molecule has 2 heterocycles. The van der Waals surface area contributed by atoms with Gasteiger partial charge < -0.3 is 21.5 Å². The molecule has 98 valence electrons. The third kappa shape index (κ3) is 2.53. The average Bonchev–Trinajstić information content (AvgIpc) is 2.29. The van der Waals surface area contributed by atoms with Crippen LogP contribution in [0.4, 0.5) is 11.5 Å². The first-order valence-electron chi connectivity index (χ1n) is 5.92. The van der Waals surface area contributed by atoms with Crippen molar-refractivity contribution in [3.05, 3.63) is 17.8 Å². The predicted octanol–water partition coefficient (Wildman–Crippen LogP) is 0.114. The number of nitrogens with two attached hydrogens (primary N) is 2. The van der Waals surface area contributed by atoms with Crippen molar-refractivity contribution in [1.82, 2.24) is 4.98 Å². The summed E-state index contributed by atoms with van der Waals surface area (Å²) in [5, 5.41) is 9.90. The summed E-state index contributed by atoms with van der Waals surface area (Å²) in [6, 6.07) is 1.54. The molecule has 1 amide bonds. The van der Waals surface area contributed by atoms with E-state index in [4.69, 9.17) is 11.5 Å². The van der Waals surface area contributed by atoms with E-state index in [1.807, 2.05) is 11.8 Å². The zero-order chi connectivity index (χ0) is 13.3. The largest absolute Gasteiger partial charge is 0.397 e. The Hall–Kier alpha value is -1.82. The molecule has 1 saturated heterocycles. The maximum absolute atomic E-state index is 11.4. The number of nitrogen functional groups attached to an aromatic ring is 1. The summed E-state index contributed by atoms with van der Waals surface area (Å²) < 4.78 is 0. The molecule has 0 saturated carbocycles. The third-order valence-corrected chi connectivity index (χ3v) is 3.29. The number of aliphatic hydroxyl groups is 1. The Bertz CT molecular complexity index is 463. The van der Waals surface area contributed by atoms with Crippen molar-refractivity contribution in [2.75, 3.05) is 23.7 Å². The number of nitrogens with zero attached hydrogens (tertiary/aromatic N) is 2. The van der Waals surface area contributed by atoms with Crippen LogP contribution in [0.1, 0.15) is 30.1 Å². The lowest BCUT2D eigenvalue weighted by Crippen LogP contribution is -2.43. The van der Waals surface area contributed by atoms with Crippen molar-refractivity contribution in [3.8, 4) is 0 Å². The molecule has 0 aromatic carbocycles. The van der Waals surface area contributed by atoms with Crippen molar-refractivity contribution in [1.29, 1.82) is 0 Å². The van der Waals surface area contributed by atoms with Gasteiger partial charge in [-0.25, -0.2) is 4.98 Å². The highest BCUT2D eigenvalue weighted by Gasteiger charge is 2.29. The van der Waals surface area contributed by atoms with Gasteiger partial charge >= 0.3 is 0 Å². The van der Waals surface area contributed by atoms with E-state index in [0.29, 0.717) is 43.0 Å². The molecule has 0 radical (unpaired) electrons. The van der Waals surface area contributed by atoms with Crippen LogP contribution in [0, 0.1) is 0 Å². The fourth-order valence-corrected chi connectivity index (χ4v) is 2.11. The molecule has 0 bridgehead atoms. The van der Waals surface area contributed by atoms with Gasteiger partial charge in [0.1, 0.15) is 5.82 Å². The van der Waals surface area contributed by atoms with Gasteiger partial charge in [-0.2, -0.15) is 0 Å². The van der Waals surface area contributed by atoms with E-state index in [2.05, 4.69) is 4.98 Å². The van der Waals surface area contributed by atoms with Gasteiger partial charge in [0, 0.05) is 13.1 Å². The first kappa shape index (κ1) is 12.6. The maximum Gasteiger partial charge on any atom is 0.252 e. The molecule has 2 rings (SSSR count).